The molecule has 1 aromatic rings. The second-order valence-corrected chi connectivity index (χ2v) is 3.93. The van der Waals surface area contributed by atoms with Crippen LogP contribution in [0.4, 0.5) is 0 Å². The predicted molar refractivity (Wildman–Crippen MR) is 54.1 cm³/mol. The second kappa shape index (κ2) is 3.79. The number of rotatable bonds is 1. The number of aromatic nitrogens is 1. The number of hydrogen-bond donors (Lipinski definition) is 2. The van der Waals surface area contributed by atoms with E-state index in [1.807, 2.05) is 0 Å². The number of fused-ring (bicyclic) bond motifs is 1. The Morgan fingerprint density at radius 1 is 1.60 bits per heavy atom. The van der Waals surface area contributed by atoms with Crippen molar-refractivity contribution in [3.8, 4) is 0 Å². The van der Waals surface area contributed by atoms with Crippen LogP contribution in [0.2, 0.25) is 5.15 Å². The van der Waals surface area contributed by atoms with E-state index in [-0.39, 0.29) is 10.7 Å². The summed E-state index contributed by atoms with van der Waals surface area (Å²) in [6.07, 6.45) is 1.63. The van der Waals surface area contributed by atoms with E-state index in [2.05, 4.69) is 4.98 Å². The molecule has 0 saturated carbocycles. The lowest BCUT2D eigenvalue weighted by atomic mass is 9.92. The van der Waals surface area contributed by atoms with Gasteiger partial charge >= 0.3 is 5.97 Å². The highest BCUT2D eigenvalue weighted by Crippen LogP contribution is 2.31. The van der Waals surface area contributed by atoms with Crippen molar-refractivity contribution in [2.45, 2.75) is 25.4 Å². The van der Waals surface area contributed by atoms with Crippen LogP contribution in [0.15, 0.2) is 6.07 Å². The Bertz CT molecular complexity index is 419. The van der Waals surface area contributed by atoms with Crippen LogP contribution in [-0.4, -0.2) is 21.2 Å². The molecule has 1 aliphatic carbocycles. The van der Waals surface area contributed by atoms with Gasteiger partial charge in [0.15, 0.2) is 0 Å². The number of aromatic carboxylic acids is 1. The summed E-state index contributed by atoms with van der Waals surface area (Å²) >= 11 is 5.73. The van der Waals surface area contributed by atoms with Gasteiger partial charge in [-0.25, -0.2) is 9.78 Å². The molecule has 1 heterocycles. The Morgan fingerprint density at radius 2 is 2.33 bits per heavy atom. The number of halogens is 1. The minimum Gasteiger partial charge on any atom is -0.478 e. The molecule has 1 unspecified atom stereocenters. The highest BCUT2D eigenvalue weighted by molar-refractivity contribution is 6.32. The maximum Gasteiger partial charge on any atom is 0.338 e. The van der Waals surface area contributed by atoms with Crippen molar-refractivity contribution in [2.75, 3.05) is 0 Å². The third kappa shape index (κ3) is 1.82. The van der Waals surface area contributed by atoms with Gasteiger partial charge in [-0.1, -0.05) is 11.6 Å². The van der Waals surface area contributed by atoms with Crippen LogP contribution in [0.5, 0.6) is 0 Å². The summed E-state index contributed by atoms with van der Waals surface area (Å²) < 4.78 is 0. The van der Waals surface area contributed by atoms with Gasteiger partial charge < -0.3 is 10.2 Å². The standard InChI is InChI=1S/C10H10ClNO3/c11-9-6(10(14)15)4-5-7(12-9)2-1-3-8(5)13/h4,8,13H,1-3H2,(H,14,15). The molecule has 80 valence electrons. The molecule has 2 N–H and O–H groups in total. The molecule has 0 radical (unpaired) electrons. The van der Waals surface area contributed by atoms with Crippen LogP contribution in [0, 0.1) is 0 Å². The Balaban J connectivity index is 2.55. The van der Waals surface area contributed by atoms with Crippen LogP contribution in [0.25, 0.3) is 0 Å². The van der Waals surface area contributed by atoms with Crippen molar-refractivity contribution in [2.24, 2.45) is 0 Å². The Morgan fingerprint density at radius 3 is 3.00 bits per heavy atom. The summed E-state index contributed by atoms with van der Waals surface area (Å²) in [6.45, 7) is 0. The van der Waals surface area contributed by atoms with Gasteiger partial charge in [0.05, 0.1) is 11.7 Å². The Labute approximate surface area is 91.5 Å². The zero-order chi connectivity index (χ0) is 11.0. The van der Waals surface area contributed by atoms with E-state index in [4.69, 9.17) is 16.7 Å². The summed E-state index contributed by atoms with van der Waals surface area (Å²) in [5, 5.41) is 18.5. The summed E-state index contributed by atoms with van der Waals surface area (Å²) in [6, 6.07) is 1.43. The van der Waals surface area contributed by atoms with E-state index in [1.54, 1.807) is 0 Å². The first kappa shape index (κ1) is 10.4. The smallest absolute Gasteiger partial charge is 0.338 e. The molecule has 15 heavy (non-hydrogen) atoms. The largest absolute Gasteiger partial charge is 0.478 e. The topological polar surface area (TPSA) is 70.4 Å². The molecule has 2 rings (SSSR count). The second-order valence-electron chi connectivity index (χ2n) is 3.58. The molecule has 1 aromatic heterocycles. The third-order valence-corrected chi connectivity index (χ3v) is 2.86. The minimum absolute atomic E-state index is 0.00431. The molecule has 0 fully saturated rings. The SMILES string of the molecule is O=C(O)c1cc2c(nc1Cl)CCCC2O. The van der Waals surface area contributed by atoms with E-state index in [1.165, 1.54) is 6.07 Å². The van der Waals surface area contributed by atoms with Crippen LogP contribution in [-0.2, 0) is 6.42 Å². The zero-order valence-corrected chi connectivity index (χ0v) is 8.66. The average molecular weight is 228 g/mol. The van der Waals surface area contributed by atoms with Crippen molar-refractivity contribution < 1.29 is 15.0 Å². The average Bonchev–Trinajstić information content (AvgIpc) is 2.16. The van der Waals surface area contributed by atoms with Gasteiger partial charge in [0.25, 0.3) is 0 Å². The lowest BCUT2D eigenvalue weighted by Gasteiger charge is -2.20. The first-order chi connectivity index (χ1) is 7.09. The summed E-state index contributed by atoms with van der Waals surface area (Å²) in [5.41, 5.74) is 1.27. The summed E-state index contributed by atoms with van der Waals surface area (Å²) in [4.78, 5) is 14.8. The fourth-order valence-corrected chi connectivity index (χ4v) is 2.04. The molecule has 0 bridgehead atoms. The molecular formula is C10H10ClNO3. The maximum absolute atomic E-state index is 10.8. The van der Waals surface area contributed by atoms with Gasteiger partial charge in [0.1, 0.15) is 5.15 Å². The fraction of sp³-hybridized carbons (Fsp3) is 0.400. The number of carbonyl (C=O) groups is 1. The van der Waals surface area contributed by atoms with Crippen molar-refractivity contribution in [3.63, 3.8) is 0 Å². The van der Waals surface area contributed by atoms with Gasteiger partial charge in [-0.05, 0) is 25.3 Å². The minimum atomic E-state index is -1.12. The van der Waals surface area contributed by atoms with Gasteiger partial charge in [-0.2, -0.15) is 0 Å². The first-order valence-electron chi connectivity index (χ1n) is 4.70. The molecule has 1 aliphatic rings. The Kier molecular flexibility index (Phi) is 2.63. The molecule has 0 spiro atoms. The monoisotopic (exact) mass is 227 g/mol. The Hall–Kier alpha value is -1.13. The lowest BCUT2D eigenvalue weighted by Crippen LogP contribution is -2.13. The number of aliphatic hydroxyl groups is 1. The molecule has 0 saturated heterocycles. The highest BCUT2D eigenvalue weighted by Gasteiger charge is 2.23. The van der Waals surface area contributed by atoms with Gasteiger partial charge in [-0.3, -0.25) is 0 Å². The first-order valence-corrected chi connectivity index (χ1v) is 5.08. The lowest BCUT2D eigenvalue weighted by molar-refractivity contribution is 0.0696. The van der Waals surface area contributed by atoms with Gasteiger partial charge in [-0.15, -0.1) is 0 Å². The number of nitrogens with zero attached hydrogens (tertiary/aromatic N) is 1. The van der Waals surface area contributed by atoms with Gasteiger partial charge in [0.2, 0.25) is 0 Å². The van der Waals surface area contributed by atoms with E-state index in [0.29, 0.717) is 17.7 Å². The number of carboxylic acid groups (broad SMARTS) is 1. The molecule has 4 nitrogen and oxygen atoms in total. The molecule has 0 aromatic carbocycles. The van der Waals surface area contributed by atoms with Crippen molar-refractivity contribution >= 4 is 17.6 Å². The number of pyridine rings is 1. The molecule has 0 aliphatic heterocycles. The zero-order valence-electron chi connectivity index (χ0n) is 7.90. The molecule has 5 heteroatoms. The number of aliphatic hydroxyl groups excluding tert-OH is 1. The van der Waals surface area contributed by atoms with E-state index >= 15 is 0 Å². The highest BCUT2D eigenvalue weighted by atomic mass is 35.5. The maximum atomic E-state index is 10.8. The van der Waals surface area contributed by atoms with Crippen molar-refractivity contribution in [3.05, 3.63) is 28.0 Å². The molecule has 0 amide bonds. The van der Waals surface area contributed by atoms with Crippen LogP contribution < -0.4 is 0 Å². The third-order valence-electron chi connectivity index (χ3n) is 2.57. The van der Waals surface area contributed by atoms with E-state index < -0.39 is 12.1 Å². The van der Waals surface area contributed by atoms with E-state index in [0.717, 1.165) is 12.8 Å². The van der Waals surface area contributed by atoms with Crippen molar-refractivity contribution in [1.82, 2.24) is 4.98 Å². The summed E-state index contributed by atoms with van der Waals surface area (Å²) in [5.74, 6) is -1.12. The van der Waals surface area contributed by atoms with Crippen LogP contribution >= 0.6 is 11.6 Å². The molecule has 1 atom stereocenters. The predicted octanol–water partition coefficient (Wildman–Crippen LogP) is 1.80. The normalized spacial score (nSPS) is 19.7. The summed E-state index contributed by atoms with van der Waals surface area (Å²) in [7, 11) is 0. The quantitative estimate of drug-likeness (QED) is 0.718. The van der Waals surface area contributed by atoms with Crippen LogP contribution in [0.1, 0.15) is 40.6 Å². The fourth-order valence-electron chi connectivity index (χ4n) is 1.80. The van der Waals surface area contributed by atoms with Crippen LogP contribution in [0.3, 0.4) is 0 Å². The number of hydrogen-bond acceptors (Lipinski definition) is 3. The molecular weight excluding hydrogens is 218 g/mol. The number of carboxylic acids is 1. The van der Waals surface area contributed by atoms with E-state index in [9.17, 15) is 9.90 Å². The number of aryl methyl sites for hydroxylation is 1. The van der Waals surface area contributed by atoms with Gasteiger partial charge in [0, 0.05) is 11.3 Å². The van der Waals surface area contributed by atoms with Crippen molar-refractivity contribution in [1.29, 1.82) is 0 Å².